The Balaban J connectivity index is 1.81. The summed E-state index contributed by atoms with van der Waals surface area (Å²) in [6, 6.07) is 14.4. The molecule has 2 aromatic carbocycles. The van der Waals surface area contributed by atoms with Crippen molar-refractivity contribution in [2.45, 2.75) is 27.2 Å². The van der Waals surface area contributed by atoms with Gasteiger partial charge in [-0.05, 0) is 50.1 Å². The van der Waals surface area contributed by atoms with E-state index >= 15 is 0 Å². The van der Waals surface area contributed by atoms with Crippen LogP contribution in [0.3, 0.4) is 0 Å². The van der Waals surface area contributed by atoms with Crippen LogP contribution in [0.25, 0.3) is 0 Å². The number of esters is 1. The van der Waals surface area contributed by atoms with Crippen LogP contribution >= 0.6 is 0 Å². The summed E-state index contributed by atoms with van der Waals surface area (Å²) in [7, 11) is 0. The summed E-state index contributed by atoms with van der Waals surface area (Å²) in [4.78, 5) is 38.7. The summed E-state index contributed by atoms with van der Waals surface area (Å²) in [5, 5.41) is 0. The third kappa shape index (κ3) is 3.77. The fraction of sp³-hybridized carbons (Fsp3) is 0.318. The fourth-order valence-corrected chi connectivity index (χ4v) is 3.44. The van der Waals surface area contributed by atoms with Crippen molar-refractivity contribution < 1.29 is 19.1 Å². The minimum absolute atomic E-state index is 0.196. The first kappa shape index (κ1) is 18.8. The number of carbonyl (C=O) groups is 3. The summed E-state index contributed by atoms with van der Waals surface area (Å²) in [5.74, 6) is -1.60. The Labute approximate surface area is 158 Å². The Morgan fingerprint density at radius 2 is 1.78 bits per heavy atom. The van der Waals surface area contributed by atoms with Gasteiger partial charge in [0, 0.05) is 5.92 Å². The van der Waals surface area contributed by atoms with Crippen molar-refractivity contribution in [3.63, 3.8) is 0 Å². The first-order valence-corrected chi connectivity index (χ1v) is 9.13. The molecule has 1 fully saturated rings. The molecule has 0 radical (unpaired) electrons. The zero-order valence-corrected chi connectivity index (χ0v) is 15.8. The molecular weight excluding hydrogens is 342 g/mol. The topological polar surface area (TPSA) is 63.7 Å². The Hall–Kier alpha value is -2.95. The first-order chi connectivity index (χ1) is 12.9. The van der Waals surface area contributed by atoms with Crippen molar-refractivity contribution in [3.8, 4) is 0 Å². The van der Waals surface area contributed by atoms with Gasteiger partial charge in [0.05, 0.1) is 23.8 Å². The monoisotopic (exact) mass is 365 g/mol. The molecule has 5 heteroatoms. The summed E-state index contributed by atoms with van der Waals surface area (Å²) in [6.45, 7) is 5.84. The molecule has 2 atom stereocenters. The number of benzene rings is 2. The average molecular weight is 365 g/mol. The van der Waals surface area contributed by atoms with Gasteiger partial charge in [0.25, 0.3) is 0 Å². The van der Waals surface area contributed by atoms with E-state index in [9.17, 15) is 14.4 Å². The van der Waals surface area contributed by atoms with E-state index in [-0.39, 0.29) is 23.7 Å². The molecule has 2 aromatic rings. The molecule has 1 aliphatic rings. The number of nitrogens with zero attached hydrogens (tertiary/aromatic N) is 1. The largest absolute Gasteiger partial charge is 0.462 e. The number of ether oxygens (including phenoxy) is 1. The number of imide groups is 1. The highest BCUT2D eigenvalue weighted by Crippen LogP contribution is 2.33. The molecule has 2 unspecified atom stereocenters. The molecule has 1 saturated heterocycles. The summed E-state index contributed by atoms with van der Waals surface area (Å²) in [6.07, 6.45) is 0.533. The molecule has 1 aliphatic heterocycles. The highest BCUT2D eigenvalue weighted by molar-refractivity contribution is 6.22. The molecular formula is C22H23NO4. The Morgan fingerprint density at radius 1 is 1.07 bits per heavy atom. The second kappa shape index (κ2) is 7.74. The average Bonchev–Trinajstić information content (AvgIpc) is 2.86. The van der Waals surface area contributed by atoms with Gasteiger partial charge < -0.3 is 4.74 Å². The van der Waals surface area contributed by atoms with Crippen molar-refractivity contribution in [1.29, 1.82) is 0 Å². The minimum Gasteiger partial charge on any atom is -0.462 e. The second-order valence-corrected chi connectivity index (χ2v) is 6.87. The SMILES string of the molecule is CCOC(=O)c1ccc(N2C(=O)C(C)C(Cc3cccc(C)c3)C2=O)cc1. The number of amides is 2. The van der Waals surface area contributed by atoms with E-state index in [0.717, 1.165) is 11.1 Å². The summed E-state index contributed by atoms with van der Waals surface area (Å²) in [5.41, 5.74) is 3.05. The van der Waals surface area contributed by atoms with Crippen LogP contribution in [-0.4, -0.2) is 24.4 Å². The molecule has 0 saturated carbocycles. The zero-order chi connectivity index (χ0) is 19.6. The predicted molar refractivity (Wildman–Crippen MR) is 102 cm³/mol. The lowest BCUT2D eigenvalue weighted by molar-refractivity contribution is -0.122. The van der Waals surface area contributed by atoms with Crippen LogP contribution < -0.4 is 4.90 Å². The maximum absolute atomic E-state index is 13.0. The van der Waals surface area contributed by atoms with Gasteiger partial charge in [-0.2, -0.15) is 0 Å². The van der Waals surface area contributed by atoms with Gasteiger partial charge in [-0.15, -0.1) is 0 Å². The Kier molecular flexibility index (Phi) is 5.40. The van der Waals surface area contributed by atoms with Crippen molar-refractivity contribution in [1.82, 2.24) is 0 Å². The molecule has 140 valence electrons. The van der Waals surface area contributed by atoms with E-state index in [2.05, 4.69) is 0 Å². The third-order valence-electron chi connectivity index (χ3n) is 4.93. The number of hydrogen-bond acceptors (Lipinski definition) is 4. The lowest BCUT2D eigenvalue weighted by atomic mass is 9.90. The first-order valence-electron chi connectivity index (χ1n) is 9.13. The minimum atomic E-state index is -0.422. The smallest absolute Gasteiger partial charge is 0.338 e. The molecule has 0 bridgehead atoms. The van der Waals surface area contributed by atoms with Crippen LogP contribution in [-0.2, 0) is 20.7 Å². The van der Waals surface area contributed by atoms with Crippen LogP contribution in [0.5, 0.6) is 0 Å². The van der Waals surface area contributed by atoms with Crippen molar-refractivity contribution in [2.24, 2.45) is 11.8 Å². The molecule has 0 spiro atoms. The molecule has 0 N–H and O–H groups in total. The van der Waals surface area contributed by atoms with Gasteiger partial charge in [0.15, 0.2) is 0 Å². The fourth-order valence-electron chi connectivity index (χ4n) is 3.44. The molecule has 2 amide bonds. The number of aryl methyl sites for hydroxylation is 1. The van der Waals surface area contributed by atoms with E-state index in [1.54, 1.807) is 38.1 Å². The van der Waals surface area contributed by atoms with Crippen LogP contribution in [0, 0.1) is 18.8 Å². The highest BCUT2D eigenvalue weighted by atomic mass is 16.5. The number of carbonyl (C=O) groups excluding carboxylic acids is 3. The van der Waals surface area contributed by atoms with Gasteiger partial charge in [-0.1, -0.05) is 36.8 Å². The predicted octanol–water partition coefficient (Wildman–Crippen LogP) is 3.54. The number of rotatable bonds is 5. The van der Waals surface area contributed by atoms with E-state index in [1.807, 2.05) is 31.2 Å². The molecule has 3 rings (SSSR count). The number of hydrogen-bond donors (Lipinski definition) is 0. The summed E-state index contributed by atoms with van der Waals surface area (Å²) >= 11 is 0. The third-order valence-corrected chi connectivity index (χ3v) is 4.93. The zero-order valence-electron chi connectivity index (χ0n) is 15.8. The standard InChI is InChI=1S/C22H23NO4/c1-4-27-22(26)17-8-10-18(11-9-17)23-20(24)15(3)19(21(23)25)13-16-7-5-6-14(2)12-16/h5-12,15,19H,4,13H2,1-3H3. The summed E-state index contributed by atoms with van der Waals surface area (Å²) < 4.78 is 4.96. The van der Waals surface area contributed by atoms with Crippen LogP contribution in [0.4, 0.5) is 5.69 Å². The van der Waals surface area contributed by atoms with Crippen LogP contribution in [0.15, 0.2) is 48.5 Å². The molecule has 27 heavy (non-hydrogen) atoms. The lowest BCUT2D eigenvalue weighted by Gasteiger charge is -2.15. The highest BCUT2D eigenvalue weighted by Gasteiger charge is 2.45. The van der Waals surface area contributed by atoms with E-state index in [0.29, 0.717) is 24.3 Å². The van der Waals surface area contributed by atoms with Gasteiger partial charge in [0.2, 0.25) is 11.8 Å². The van der Waals surface area contributed by atoms with Crippen molar-refractivity contribution >= 4 is 23.5 Å². The van der Waals surface area contributed by atoms with Crippen LogP contribution in [0.1, 0.15) is 35.3 Å². The molecule has 0 aliphatic carbocycles. The van der Waals surface area contributed by atoms with Gasteiger partial charge in [0.1, 0.15) is 0 Å². The maximum atomic E-state index is 13.0. The molecule has 0 aromatic heterocycles. The van der Waals surface area contributed by atoms with Crippen molar-refractivity contribution in [3.05, 3.63) is 65.2 Å². The second-order valence-electron chi connectivity index (χ2n) is 6.87. The maximum Gasteiger partial charge on any atom is 0.338 e. The quantitative estimate of drug-likeness (QED) is 0.601. The number of anilines is 1. The lowest BCUT2D eigenvalue weighted by Crippen LogP contribution is -2.31. The van der Waals surface area contributed by atoms with E-state index in [1.165, 1.54) is 4.90 Å². The Morgan fingerprint density at radius 3 is 2.41 bits per heavy atom. The van der Waals surface area contributed by atoms with Gasteiger partial charge >= 0.3 is 5.97 Å². The van der Waals surface area contributed by atoms with Crippen LogP contribution in [0.2, 0.25) is 0 Å². The van der Waals surface area contributed by atoms with Crippen molar-refractivity contribution in [2.75, 3.05) is 11.5 Å². The molecule has 1 heterocycles. The normalized spacial score (nSPS) is 19.4. The van der Waals surface area contributed by atoms with Gasteiger partial charge in [-0.3, -0.25) is 14.5 Å². The molecule has 5 nitrogen and oxygen atoms in total. The van der Waals surface area contributed by atoms with E-state index in [4.69, 9.17) is 4.74 Å². The Bertz CT molecular complexity index is 872. The van der Waals surface area contributed by atoms with Gasteiger partial charge in [-0.25, -0.2) is 4.79 Å². The van der Waals surface area contributed by atoms with E-state index < -0.39 is 5.97 Å².